The normalized spacial score (nSPS) is 35.2. The van der Waals surface area contributed by atoms with Gasteiger partial charge in [0, 0.05) is 24.3 Å². The summed E-state index contributed by atoms with van der Waals surface area (Å²) >= 11 is 0. The third kappa shape index (κ3) is 1.77. The van der Waals surface area contributed by atoms with Gasteiger partial charge in [-0.25, -0.2) is 0 Å². The van der Waals surface area contributed by atoms with Crippen LogP contribution in [0.3, 0.4) is 0 Å². The zero-order chi connectivity index (χ0) is 11.2. The van der Waals surface area contributed by atoms with Gasteiger partial charge in [0.15, 0.2) is 0 Å². The Morgan fingerprint density at radius 3 is 2.81 bits per heavy atom. The second kappa shape index (κ2) is 3.59. The molecule has 2 atom stereocenters. The van der Waals surface area contributed by atoms with Crippen molar-refractivity contribution in [3.63, 3.8) is 0 Å². The van der Waals surface area contributed by atoms with Gasteiger partial charge in [-0.2, -0.15) is 5.10 Å². The maximum atomic E-state index is 6.60. The molecule has 2 fully saturated rings. The van der Waals surface area contributed by atoms with Crippen LogP contribution in [0.4, 0.5) is 0 Å². The van der Waals surface area contributed by atoms with E-state index in [2.05, 4.69) is 11.3 Å². The van der Waals surface area contributed by atoms with E-state index < -0.39 is 0 Å². The molecule has 2 unspecified atom stereocenters. The second-order valence-electron chi connectivity index (χ2n) is 5.75. The Balaban J connectivity index is 1.80. The van der Waals surface area contributed by atoms with Gasteiger partial charge in [-0.15, -0.1) is 0 Å². The molecule has 0 radical (unpaired) electrons. The molecule has 1 aromatic heterocycles. The van der Waals surface area contributed by atoms with Crippen LogP contribution in [-0.2, 0) is 12.6 Å². The van der Waals surface area contributed by atoms with Crippen LogP contribution in [0.25, 0.3) is 0 Å². The molecule has 3 rings (SSSR count). The highest BCUT2D eigenvalue weighted by molar-refractivity contribution is 5.19. The van der Waals surface area contributed by atoms with E-state index >= 15 is 0 Å². The molecule has 0 spiro atoms. The molecule has 1 aromatic rings. The summed E-state index contributed by atoms with van der Waals surface area (Å²) in [6.07, 6.45) is 11.9. The molecule has 1 heterocycles. The average Bonchev–Trinajstić information content (AvgIpc) is 3.01. The molecule has 0 amide bonds. The lowest BCUT2D eigenvalue weighted by Crippen LogP contribution is -2.41. The predicted molar refractivity (Wildman–Crippen MR) is 63.8 cm³/mol. The number of aryl methyl sites for hydroxylation is 1. The number of aromatic nitrogens is 2. The number of nitrogens with zero attached hydrogens (tertiary/aromatic N) is 2. The summed E-state index contributed by atoms with van der Waals surface area (Å²) in [5.74, 6) is 1.86. The molecule has 2 N–H and O–H groups in total. The van der Waals surface area contributed by atoms with Crippen molar-refractivity contribution in [3.8, 4) is 0 Å². The molecule has 3 heteroatoms. The van der Waals surface area contributed by atoms with Gasteiger partial charge >= 0.3 is 0 Å². The Morgan fingerprint density at radius 2 is 2.19 bits per heavy atom. The van der Waals surface area contributed by atoms with Crippen molar-refractivity contribution in [3.05, 3.63) is 18.0 Å². The van der Waals surface area contributed by atoms with Gasteiger partial charge < -0.3 is 5.73 Å². The van der Waals surface area contributed by atoms with E-state index in [1.54, 1.807) is 0 Å². The SMILES string of the molecule is Cn1cc(C2(N)CCCC(C3CC3)C2)cn1. The van der Waals surface area contributed by atoms with Gasteiger partial charge in [-0.3, -0.25) is 4.68 Å². The van der Waals surface area contributed by atoms with E-state index in [1.807, 2.05) is 17.9 Å². The summed E-state index contributed by atoms with van der Waals surface area (Å²) in [7, 11) is 1.97. The maximum absolute atomic E-state index is 6.60. The van der Waals surface area contributed by atoms with E-state index in [0.29, 0.717) is 0 Å². The third-order valence-electron chi connectivity index (χ3n) is 4.39. The number of hydrogen-bond donors (Lipinski definition) is 1. The lowest BCUT2D eigenvalue weighted by molar-refractivity contribution is 0.206. The van der Waals surface area contributed by atoms with E-state index in [-0.39, 0.29) is 5.54 Å². The molecular weight excluding hydrogens is 198 g/mol. The van der Waals surface area contributed by atoms with Crippen LogP contribution in [0, 0.1) is 11.8 Å². The Hall–Kier alpha value is -0.830. The van der Waals surface area contributed by atoms with Crippen LogP contribution in [0.15, 0.2) is 12.4 Å². The molecule has 0 bridgehead atoms. The summed E-state index contributed by atoms with van der Waals surface area (Å²) in [4.78, 5) is 0. The lowest BCUT2D eigenvalue weighted by atomic mass is 9.72. The molecule has 0 saturated heterocycles. The van der Waals surface area contributed by atoms with E-state index in [4.69, 9.17) is 5.73 Å². The second-order valence-corrected chi connectivity index (χ2v) is 5.75. The molecule has 2 aliphatic carbocycles. The van der Waals surface area contributed by atoms with Crippen molar-refractivity contribution in [2.45, 2.75) is 44.1 Å². The minimum Gasteiger partial charge on any atom is -0.321 e. The average molecular weight is 219 g/mol. The topological polar surface area (TPSA) is 43.8 Å². The fourth-order valence-electron chi connectivity index (χ4n) is 3.26. The largest absolute Gasteiger partial charge is 0.321 e. The Labute approximate surface area is 97.0 Å². The molecule has 2 aliphatic rings. The summed E-state index contributed by atoms with van der Waals surface area (Å²) in [5.41, 5.74) is 7.74. The number of nitrogens with two attached hydrogens (primary N) is 1. The fourth-order valence-corrected chi connectivity index (χ4v) is 3.26. The van der Waals surface area contributed by atoms with Crippen LogP contribution < -0.4 is 5.73 Å². The van der Waals surface area contributed by atoms with Crippen LogP contribution in [0.1, 0.15) is 44.1 Å². The van der Waals surface area contributed by atoms with Crippen LogP contribution in [0.5, 0.6) is 0 Å². The smallest absolute Gasteiger partial charge is 0.0540 e. The minimum absolute atomic E-state index is 0.0975. The maximum Gasteiger partial charge on any atom is 0.0540 e. The first-order valence-corrected chi connectivity index (χ1v) is 6.45. The Kier molecular flexibility index (Phi) is 2.32. The molecule has 3 nitrogen and oxygen atoms in total. The van der Waals surface area contributed by atoms with Crippen LogP contribution in [-0.4, -0.2) is 9.78 Å². The van der Waals surface area contributed by atoms with Gasteiger partial charge in [-0.1, -0.05) is 12.8 Å². The fraction of sp³-hybridized carbons (Fsp3) is 0.769. The quantitative estimate of drug-likeness (QED) is 0.828. The summed E-state index contributed by atoms with van der Waals surface area (Å²) in [6.45, 7) is 0. The van der Waals surface area contributed by atoms with Crippen molar-refractivity contribution < 1.29 is 0 Å². The third-order valence-corrected chi connectivity index (χ3v) is 4.39. The van der Waals surface area contributed by atoms with Crippen LogP contribution >= 0.6 is 0 Å². The minimum atomic E-state index is -0.0975. The van der Waals surface area contributed by atoms with Gasteiger partial charge in [-0.05, 0) is 37.5 Å². The first kappa shape index (κ1) is 10.3. The monoisotopic (exact) mass is 219 g/mol. The Bertz CT molecular complexity index is 380. The summed E-state index contributed by atoms with van der Waals surface area (Å²) in [6, 6.07) is 0. The first-order valence-electron chi connectivity index (χ1n) is 6.45. The van der Waals surface area contributed by atoms with E-state index in [9.17, 15) is 0 Å². The van der Waals surface area contributed by atoms with Gasteiger partial charge in [0.1, 0.15) is 0 Å². The Morgan fingerprint density at radius 1 is 1.38 bits per heavy atom. The van der Waals surface area contributed by atoms with Crippen LogP contribution in [0.2, 0.25) is 0 Å². The van der Waals surface area contributed by atoms with Crippen molar-refractivity contribution >= 4 is 0 Å². The van der Waals surface area contributed by atoms with E-state index in [1.165, 1.54) is 37.7 Å². The van der Waals surface area contributed by atoms with Gasteiger partial charge in [0.25, 0.3) is 0 Å². The first-order chi connectivity index (χ1) is 7.67. The number of rotatable bonds is 2. The van der Waals surface area contributed by atoms with Crippen molar-refractivity contribution in [2.24, 2.45) is 24.6 Å². The molecule has 16 heavy (non-hydrogen) atoms. The highest BCUT2D eigenvalue weighted by atomic mass is 15.2. The zero-order valence-electron chi connectivity index (χ0n) is 10.0. The zero-order valence-corrected chi connectivity index (χ0v) is 10.0. The molecule has 0 aromatic carbocycles. The molecule has 2 saturated carbocycles. The van der Waals surface area contributed by atoms with Gasteiger partial charge in [0.05, 0.1) is 6.20 Å². The standard InChI is InChI=1S/C13H21N3/c1-16-9-12(8-15-16)13(14)6-2-3-11(7-13)10-4-5-10/h8-11H,2-7,14H2,1H3. The van der Waals surface area contributed by atoms with Crippen molar-refractivity contribution in [1.29, 1.82) is 0 Å². The molecule has 0 aliphatic heterocycles. The molecule has 88 valence electrons. The number of hydrogen-bond acceptors (Lipinski definition) is 2. The van der Waals surface area contributed by atoms with Crippen molar-refractivity contribution in [2.75, 3.05) is 0 Å². The summed E-state index contributed by atoms with van der Waals surface area (Å²) < 4.78 is 1.87. The molecular formula is C13H21N3. The van der Waals surface area contributed by atoms with Crippen molar-refractivity contribution in [1.82, 2.24) is 9.78 Å². The van der Waals surface area contributed by atoms with E-state index in [0.717, 1.165) is 18.3 Å². The lowest BCUT2D eigenvalue weighted by Gasteiger charge is -2.37. The summed E-state index contributed by atoms with van der Waals surface area (Å²) in [5, 5.41) is 4.26. The highest BCUT2D eigenvalue weighted by Gasteiger charge is 2.41. The predicted octanol–water partition coefficient (Wildman–Crippen LogP) is 2.17. The highest BCUT2D eigenvalue weighted by Crippen LogP contribution is 2.48. The van der Waals surface area contributed by atoms with Gasteiger partial charge in [0.2, 0.25) is 0 Å².